The van der Waals surface area contributed by atoms with Crippen molar-refractivity contribution in [3.8, 4) is 11.5 Å². The van der Waals surface area contributed by atoms with E-state index in [-0.39, 0.29) is 11.3 Å². The van der Waals surface area contributed by atoms with Crippen LogP contribution >= 0.6 is 11.6 Å². The van der Waals surface area contributed by atoms with E-state index in [1.54, 1.807) is 18.2 Å². The molecule has 1 N–H and O–H groups in total. The lowest BCUT2D eigenvalue weighted by atomic mass is 10.1. The number of benzene rings is 1. The Morgan fingerprint density at radius 3 is 3.00 bits per heavy atom. The number of fused-ring (bicyclic) bond motifs is 1. The minimum atomic E-state index is -0.195. The summed E-state index contributed by atoms with van der Waals surface area (Å²) in [6.07, 6.45) is 0. The predicted molar refractivity (Wildman–Crippen MR) is 65.1 cm³/mol. The first-order valence-electron chi connectivity index (χ1n) is 5.49. The van der Waals surface area contributed by atoms with Crippen LogP contribution in [0, 0.1) is 0 Å². The van der Waals surface area contributed by atoms with Gasteiger partial charge in [-0.25, -0.2) is 0 Å². The number of carbonyl (C=O) groups excluding carboxylic acids is 1. The molecular formula is C12H14ClNO3. The van der Waals surface area contributed by atoms with E-state index in [9.17, 15) is 4.79 Å². The molecule has 1 aliphatic heterocycles. The van der Waals surface area contributed by atoms with Gasteiger partial charge in [0.1, 0.15) is 13.2 Å². The standard InChI is InChI=1S/C12H14ClNO3/c1-8(13)7-14-12(15)9-3-2-4-10-11(9)17-6-5-16-10/h2-4,8H,5-7H2,1H3,(H,14,15). The molecule has 1 aromatic rings. The maximum Gasteiger partial charge on any atom is 0.255 e. The van der Waals surface area contributed by atoms with E-state index in [0.29, 0.717) is 36.8 Å². The number of carbonyl (C=O) groups is 1. The van der Waals surface area contributed by atoms with Crippen LogP contribution in [0.25, 0.3) is 0 Å². The van der Waals surface area contributed by atoms with Gasteiger partial charge in [-0.2, -0.15) is 0 Å². The normalized spacial score (nSPS) is 15.2. The van der Waals surface area contributed by atoms with E-state index in [0.717, 1.165) is 0 Å². The summed E-state index contributed by atoms with van der Waals surface area (Å²) in [4.78, 5) is 11.9. The highest BCUT2D eigenvalue weighted by Gasteiger charge is 2.20. The van der Waals surface area contributed by atoms with Crippen molar-refractivity contribution >= 4 is 17.5 Å². The average molecular weight is 256 g/mol. The summed E-state index contributed by atoms with van der Waals surface area (Å²) in [5, 5.41) is 2.64. The maximum atomic E-state index is 11.9. The van der Waals surface area contributed by atoms with Crippen molar-refractivity contribution in [3.05, 3.63) is 23.8 Å². The lowest BCUT2D eigenvalue weighted by Crippen LogP contribution is -2.29. The van der Waals surface area contributed by atoms with Gasteiger partial charge in [0.25, 0.3) is 5.91 Å². The van der Waals surface area contributed by atoms with Crippen LogP contribution in [-0.2, 0) is 0 Å². The van der Waals surface area contributed by atoms with Gasteiger partial charge < -0.3 is 14.8 Å². The van der Waals surface area contributed by atoms with Gasteiger partial charge in [0.15, 0.2) is 11.5 Å². The quantitative estimate of drug-likeness (QED) is 0.838. The fourth-order valence-corrected chi connectivity index (χ4v) is 1.66. The van der Waals surface area contributed by atoms with Gasteiger partial charge in [-0.1, -0.05) is 6.07 Å². The molecule has 5 heteroatoms. The van der Waals surface area contributed by atoms with Crippen LogP contribution in [0.3, 0.4) is 0 Å². The Hall–Kier alpha value is -1.42. The monoisotopic (exact) mass is 255 g/mol. The number of ether oxygens (including phenoxy) is 2. The molecule has 1 unspecified atom stereocenters. The number of rotatable bonds is 3. The summed E-state index contributed by atoms with van der Waals surface area (Å²) in [6, 6.07) is 5.27. The van der Waals surface area contributed by atoms with Gasteiger partial charge in [0.2, 0.25) is 0 Å². The zero-order chi connectivity index (χ0) is 12.3. The fourth-order valence-electron chi connectivity index (χ4n) is 1.58. The number of nitrogens with one attached hydrogen (secondary N) is 1. The number of para-hydroxylation sites is 1. The first-order valence-corrected chi connectivity index (χ1v) is 5.93. The zero-order valence-electron chi connectivity index (χ0n) is 9.53. The minimum absolute atomic E-state index is 0.101. The third kappa shape index (κ3) is 2.82. The third-order valence-corrected chi connectivity index (χ3v) is 2.51. The van der Waals surface area contributed by atoms with Crippen molar-refractivity contribution in [1.29, 1.82) is 0 Å². The van der Waals surface area contributed by atoms with Gasteiger partial charge in [-0.05, 0) is 19.1 Å². The van der Waals surface area contributed by atoms with Crippen molar-refractivity contribution in [2.75, 3.05) is 19.8 Å². The molecule has 0 saturated carbocycles. The van der Waals surface area contributed by atoms with Crippen LogP contribution in [0.2, 0.25) is 0 Å². The first kappa shape index (κ1) is 12.0. The molecule has 1 aromatic carbocycles. The van der Waals surface area contributed by atoms with E-state index in [1.807, 2.05) is 6.92 Å². The van der Waals surface area contributed by atoms with Gasteiger partial charge in [-0.3, -0.25) is 4.79 Å². The number of amides is 1. The zero-order valence-corrected chi connectivity index (χ0v) is 10.3. The summed E-state index contributed by atoms with van der Waals surface area (Å²) in [5.74, 6) is 0.932. The lowest BCUT2D eigenvalue weighted by Gasteiger charge is -2.20. The highest BCUT2D eigenvalue weighted by molar-refractivity contribution is 6.20. The van der Waals surface area contributed by atoms with E-state index in [4.69, 9.17) is 21.1 Å². The second-order valence-electron chi connectivity index (χ2n) is 3.82. The molecular weight excluding hydrogens is 242 g/mol. The van der Waals surface area contributed by atoms with Crippen molar-refractivity contribution in [2.45, 2.75) is 12.3 Å². The Bertz CT molecular complexity index is 420. The molecule has 0 aliphatic carbocycles. The predicted octanol–water partition coefficient (Wildman–Crippen LogP) is 1.81. The molecule has 4 nitrogen and oxygen atoms in total. The number of hydrogen-bond donors (Lipinski definition) is 1. The van der Waals surface area contributed by atoms with Crippen LogP contribution in [0.5, 0.6) is 11.5 Å². The van der Waals surface area contributed by atoms with E-state index >= 15 is 0 Å². The second kappa shape index (κ2) is 5.27. The molecule has 2 rings (SSSR count). The van der Waals surface area contributed by atoms with Gasteiger partial charge in [0, 0.05) is 11.9 Å². The molecule has 1 atom stereocenters. The van der Waals surface area contributed by atoms with Gasteiger partial charge >= 0.3 is 0 Å². The summed E-state index contributed by atoms with van der Waals surface area (Å²) in [6.45, 7) is 3.22. The highest BCUT2D eigenvalue weighted by atomic mass is 35.5. The SMILES string of the molecule is CC(Cl)CNC(=O)c1cccc2c1OCCO2. The largest absolute Gasteiger partial charge is 0.486 e. The molecule has 0 fully saturated rings. The van der Waals surface area contributed by atoms with Crippen LogP contribution in [0.1, 0.15) is 17.3 Å². The summed E-state index contributed by atoms with van der Waals surface area (Å²) in [7, 11) is 0. The van der Waals surface area contributed by atoms with E-state index in [1.165, 1.54) is 0 Å². The third-order valence-electron chi connectivity index (χ3n) is 2.35. The number of alkyl halides is 1. The first-order chi connectivity index (χ1) is 8.18. The highest BCUT2D eigenvalue weighted by Crippen LogP contribution is 2.33. The topological polar surface area (TPSA) is 47.6 Å². The number of hydrogen-bond acceptors (Lipinski definition) is 3. The molecule has 1 amide bonds. The Morgan fingerprint density at radius 1 is 1.47 bits per heavy atom. The van der Waals surface area contributed by atoms with Crippen LogP contribution < -0.4 is 14.8 Å². The number of halogens is 1. The Kier molecular flexibility index (Phi) is 3.74. The summed E-state index contributed by atoms with van der Waals surface area (Å²) >= 11 is 5.78. The fraction of sp³-hybridized carbons (Fsp3) is 0.417. The molecule has 1 aliphatic rings. The van der Waals surface area contributed by atoms with Crippen molar-refractivity contribution in [1.82, 2.24) is 5.32 Å². The second-order valence-corrected chi connectivity index (χ2v) is 4.57. The average Bonchev–Trinajstić information content (AvgIpc) is 2.35. The van der Waals surface area contributed by atoms with Gasteiger partial charge in [0.05, 0.1) is 5.56 Å². The molecule has 0 bridgehead atoms. The molecule has 17 heavy (non-hydrogen) atoms. The summed E-state index contributed by atoms with van der Waals surface area (Å²) in [5.41, 5.74) is 0.486. The van der Waals surface area contributed by atoms with Crippen LogP contribution in [0.4, 0.5) is 0 Å². The molecule has 92 valence electrons. The lowest BCUT2D eigenvalue weighted by molar-refractivity contribution is 0.0943. The van der Waals surface area contributed by atoms with Crippen LogP contribution in [0.15, 0.2) is 18.2 Å². The molecule has 0 saturated heterocycles. The molecule has 1 heterocycles. The summed E-state index contributed by atoms with van der Waals surface area (Å²) < 4.78 is 10.9. The smallest absolute Gasteiger partial charge is 0.255 e. The molecule has 0 aromatic heterocycles. The van der Waals surface area contributed by atoms with E-state index < -0.39 is 0 Å². The van der Waals surface area contributed by atoms with Crippen molar-refractivity contribution < 1.29 is 14.3 Å². The Labute approximate surface area is 105 Å². The Balaban J connectivity index is 2.17. The van der Waals surface area contributed by atoms with Crippen molar-refractivity contribution in [2.24, 2.45) is 0 Å². The van der Waals surface area contributed by atoms with Crippen molar-refractivity contribution in [3.63, 3.8) is 0 Å². The van der Waals surface area contributed by atoms with Gasteiger partial charge in [-0.15, -0.1) is 11.6 Å². The minimum Gasteiger partial charge on any atom is -0.486 e. The van der Waals surface area contributed by atoms with E-state index in [2.05, 4.69) is 5.32 Å². The Morgan fingerprint density at radius 2 is 2.24 bits per heavy atom. The maximum absolute atomic E-state index is 11.9. The molecule has 0 spiro atoms. The van der Waals surface area contributed by atoms with Crippen LogP contribution in [-0.4, -0.2) is 31.0 Å². The molecule has 0 radical (unpaired) electrons.